The third-order valence-corrected chi connectivity index (χ3v) is 6.63. The molecule has 0 bridgehead atoms. The molecule has 4 nitrogen and oxygen atoms in total. The number of Topliss-reactive ketones (excluding diaryl/α,β-unsaturated/α-hetero) is 1. The highest BCUT2D eigenvalue weighted by Crippen LogP contribution is 2.51. The Labute approximate surface area is 162 Å². The molecular formula is C20H19ClN2O2S. The highest BCUT2D eigenvalue weighted by Gasteiger charge is 2.33. The molecule has 26 heavy (non-hydrogen) atoms. The normalized spacial score (nSPS) is 20.4. The Bertz CT molecular complexity index is 863. The maximum atomic E-state index is 12.7. The lowest BCUT2D eigenvalue weighted by Crippen LogP contribution is -2.35. The molecule has 1 atom stereocenters. The van der Waals surface area contributed by atoms with E-state index < -0.39 is 0 Å². The zero-order valence-electron chi connectivity index (χ0n) is 14.3. The second-order valence-electron chi connectivity index (χ2n) is 6.63. The van der Waals surface area contributed by atoms with Gasteiger partial charge in [0, 0.05) is 30.5 Å². The van der Waals surface area contributed by atoms with Gasteiger partial charge in [-0.05, 0) is 36.1 Å². The van der Waals surface area contributed by atoms with Crippen LogP contribution in [-0.2, 0) is 4.74 Å². The minimum Gasteiger partial charge on any atom is -0.378 e. The van der Waals surface area contributed by atoms with Gasteiger partial charge in [-0.2, -0.15) is 0 Å². The summed E-state index contributed by atoms with van der Waals surface area (Å²) < 4.78 is 5.45. The molecule has 1 aromatic heterocycles. The standard InChI is InChI=1S/C20H19ClN2O2S/c1-22-18-17-15(13-5-7-14(21)8-6-13)3-2-4-16(24)19(17)26-20(18)23-9-11-25-12-10-23/h5-8,15H,2-4,9-12H2. The van der Waals surface area contributed by atoms with Crippen LogP contribution in [0.5, 0.6) is 0 Å². The summed E-state index contributed by atoms with van der Waals surface area (Å²) in [6, 6.07) is 7.81. The first kappa shape index (κ1) is 17.5. The summed E-state index contributed by atoms with van der Waals surface area (Å²) in [5, 5.41) is 1.63. The van der Waals surface area contributed by atoms with Gasteiger partial charge in [0.25, 0.3) is 0 Å². The number of carbonyl (C=O) groups excluding carboxylic acids is 1. The highest BCUT2D eigenvalue weighted by molar-refractivity contribution is 7.19. The molecule has 1 aliphatic heterocycles. The number of benzene rings is 1. The maximum Gasteiger partial charge on any atom is 0.225 e. The minimum atomic E-state index is 0.0730. The fourth-order valence-corrected chi connectivity index (χ4v) is 5.24. The van der Waals surface area contributed by atoms with Crippen molar-refractivity contribution in [2.45, 2.75) is 25.2 Å². The average Bonchev–Trinajstić information content (AvgIpc) is 2.98. The maximum absolute atomic E-state index is 12.7. The highest BCUT2D eigenvalue weighted by atomic mass is 35.5. The van der Waals surface area contributed by atoms with Crippen LogP contribution in [0.3, 0.4) is 0 Å². The van der Waals surface area contributed by atoms with Crippen LogP contribution >= 0.6 is 22.9 Å². The lowest BCUT2D eigenvalue weighted by atomic mass is 9.88. The molecular weight excluding hydrogens is 368 g/mol. The van der Waals surface area contributed by atoms with Crippen LogP contribution in [-0.4, -0.2) is 32.1 Å². The van der Waals surface area contributed by atoms with Crippen molar-refractivity contribution < 1.29 is 9.53 Å². The molecule has 1 fully saturated rings. The molecule has 1 saturated heterocycles. The molecule has 0 N–H and O–H groups in total. The van der Waals surface area contributed by atoms with Crippen LogP contribution in [0.25, 0.3) is 4.85 Å². The number of thiophene rings is 1. The molecule has 0 amide bonds. The van der Waals surface area contributed by atoms with Gasteiger partial charge >= 0.3 is 0 Å². The second kappa shape index (κ2) is 7.40. The molecule has 1 aromatic carbocycles. The Kier molecular flexibility index (Phi) is 4.99. The van der Waals surface area contributed by atoms with E-state index >= 15 is 0 Å². The Morgan fingerprint density at radius 1 is 1.23 bits per heavy atom. The van der Waals surface area contributed by atoms with Gasteiger partial charge in [0.15, 0.2) is 5.78 Å². The van der Waals surface area contributed by atoms with Crippen molar-refractivity contribution in [3.63, 3.8) is 0 Å². The third kappa shape index (κ3) is 3.14. The SMILES string of the molecule is [C-]#[N+]c1c(N2CCOCC2)sc2c1C(c1ccc(Cl)cc1)CCCC2=O. The molecule has 0 radical (unpaired) electrons. The van der Waals surface area contributed by atoms with Crippen LogP contribution in [0.2, 0.25) is 5.02 Å². The van der Waals surface area contributed by atoms with E-state index in [2.05, 4.69) is 9.74 Å². The van der Waals surface area contributed by atoms with E-state index in [1.54, 1.807) is 0 Å². The number of fused-ring (bicyclic) bond motifs is 1. The summed E-state index contributed by atoms with van der Waals surface area (Å²) in [5.74, 6) is 0.245. The quantitative estimate of drug-likeness (QED) is 0.519. The van der Waals surface area contributed by atoms with Crippen molar-refractivity contribution in [1.82, 2.24) is 0 Å². The van der Waals surface area contributed by atoms with Gasteiger partial charge in [0.05, 0.1) is 29.7 Å². The van der Waals surface area contributed by atoms with Crippen LogP contribution < -0.4 is 4.90 Å². The molecule has 0 saturated carbocycles. The zero-order chi connectivity index (χ0) is 18.1. The monoisotopic (exact) mass is 386 g/mol. The summed E-state index contributed by atoms with van der Waals surface area (Å²) in [6.45, 7) is 10.7. The molecule has 1 unspecified atom stereocenters. The first-order valence-electron chi connectivity index (χ1n) is 8.84. The molecule has 0 spiro atoms. The number of rotatable bonds is 2. The number of carbonyl (C=O) groups is 1. The van der Waals surface area contributed by atoms with Gasteiger partial charge < -0.3 is 9.64 Å². The molecule has 134 valence electrons. The van der Waals surface area contributed by atoms with Crippen LogP contribution in [0.1, 0.15) is 46.0 Å². The largest absolute Gasteiger partial charge is 0.378 e. The molecule has 2 aliphatic rings. The van der Waals surface area contributed by atoms with Gasteiger partial charge in [-0.25, -0.2) is 4.85 Å². The summed E-state index contributed by atoms with van der Waals surface area (Å²) in [5.41, 5.74) is 2.71. The Hall–Kier alpha value is -1.87. The van der Waals surface area contributed by atoms with Crippen molar-refractivity contribution in [3.8, 4) is 0 Å². The van der Waals surface area contributed by atoms with Crippen molar-refractivity contribution in [1.29, 1.82) is 0 Å². The summed E-state index contributed by atoms with van der Waals surface area (Å²) in [4.78, 5) is 19.6. The van der Waals surface area contributed by atoms with Crippen LogP contribution in [0, 0.1) is 6.57 Å². The lowest BCUT2D eigenvalue weighted by Gasteiger charge is -2.28. The lowest BCUT2D eigenvalue weighted by molar-refractivity contribution is 0.0986. The van der Waals surface area contributed by atoms with E-state index in [0.717, 1.165) is 46.9 Å². The smallest absolute Gasteiger partial charge is 0.225 e. The zero-order valence-corrected chi connectivity index (χ0v) is 15.9. The predicted octanol–water partition coefficient (Wildman–Crippen LogP) is 5.29. The van der Waals surface area contributed by atoms with E-state index in [1.165, 1.54) is 11.3 Å². The number of ketones is 1. The first-order valence-corrected chi connectivity index (χ1v) is 10.0. The molecule has 2 aromatic rings. The Morgan fingerprint density at radius 3 is 2.65 bits per heavy atom. The summed E-state index contributed by atoms with van der Waals surface area (Å²) >= 11 is 7.55. The topological polar surface area (TPSA) is 33.9 Å². The van der Waals surface area contributed by atoms with E-state index in [-0.39, 0.29) is 11.7 Å². The fraction of sp³-hybridized carbons (Fsp3) is 0.400. The fourth-order valence-electron chi connectivity index (χ4n) is 3.79. The Morgan fingerprint density at radius 2 is 1.96 bits per heavy atom. The third-order valence-electron chi connectivity index (χ3n) is 5.08. The van der Waals surface area contributed by atoms with E-state index in [9.17, 15) is 4.79 Å². The number of morpholine rings is 1. The number of hydrogen-bond donors (Lipinski definition) is 0. The van der Waals surface area contributed by atoms with E-state index in [4.69, 9.17) is 22.9 Å². The van der Waals surface area contributed by atoms with Crippen molar-refractivity contribution in [2.75, 3.05) is 31.2 Å². The second-order valence-corrected chi connectivity index (χ2v) is 8.06. The number of anilines is 1. The average molecular weight is 387 g/mol. The molecule has 6 heteroatoms. The summed E-state index contributed by atoms with van der Waals surface area (Å²) in [6.07, 6.45) is 2.28. The van der Waals surface area contributed by atoms with Gasteiger partial charge in [0.2, 0.25) is 5.69 Å². The van der Waals surface area contributed by atoms with Gasteiger partial charge in [-0.1, -0.05) is 23.7 Å². The van der Waals surface area contributed by atoms with Crippen molar-refractivity contribution in [3.05, 3.63) is 56.7 Å². The van der Waals surface area contributed by atoms with Crippen molar-refractivity contribution >= 4 is 39.4 Å². The van der Waals surface area contributed by atoms with Gasteiger partial charge in [-0.15, -0.1) is 11.3 Å². The molecule has 4 rings (SSSR count). The number of halogens is 1. The summed E-state index contributed by atoms with van der Waals surface area (Å²) in [7, 11) is 0. The van der Waals surface area contributed by atoms with Crippen molar-refractivity contribution in [2.24, 2.45) is 0 Å². The Balaban J connectivity index is 1.85. The number of ether oxygens (including phenoxy) is 1. The van der Waals surface area contributed by atoms with Gasteiger partial charge in [-0.3, -0.25) is 4.79 Å². The van der Waals surface area contributed by atoms with Crippen LogP contribution in [0.15, 0.2) is 24.3 Å². The number of hydrogen-bond acceptors (Lipinski definition) is 4. The molecule has 1 aliphatic carbocycles. The van der Waals surface area contributed by atoms with E-state index in [1.807, 2.05) is 24.3 Å². The molecule has 2 heterocycles. The predicted molar refractivity (Wildman–Crippen MR) is 105 cm³/mol. The minimum absolute atomic E-state index is 0.0730. The first-order chi connectivity index (χ1) is 12.7. The number of nitrogens with zero attached hydrogens (tertiary/aromatic N) is 2. The van der Waals surface area contributed by atoms with E-state index in [0.29, 0.717) is 30.3 Å². The van der Waals surface area contributed by atoms with Crippen LogP contribution in [0.4, 0.5) is 10.7 Å². The van der Waals surface area contributed by atoms with Gasteiger partial charge in [0.1, 0.15) is 0 Å².